The van der Waals surface area contributed by atoms with Crippen molar-refractivity contribution in [1.29, 1.82) is 0 Å². The molecule has 0 heterocycles. The number of aliphatic hydroxyl groups excluding tert-OH is 3. The van der Waals surface area contributed by atoms with Gasteiger partial charge in [0.1, 0.15) is 17.9 Å². The Hall–Kier alpha value is -0.870. The highest BCUT2D eigenvalue weighted by molar-refractivity contribution is 8.76. The number of aliphatic carboxylic acids is 1. The number of rotatable bonds is 25. The summed E-state index contributed by atoms with van der Waals surface area (Å²) in [5.41, 5.74) is -0.842. The lowest BCUT2D eigenvalue weighted by molar-refractivity contribution is -0.140. The zero-order chi connectivity index (χ0) is 31.6. The molecule has 0 aliphatic rings. The molecule has 11 nitrogen and oxygen atoms in total. The second kappa shape index (κ2) is 21.8. The highest BCUT2D eigenvalue weighted by Gasteiger charge is 2.37. The van der Waals surface area contributed by atoms with Crippen LogP contribution in [-0.4, -0.2) is 110 Å². The van der Waals surface area contributed by atoms with Crippen LogP contribution in [0.5, 0.6) is 0 Å². The van der Waals surface area contributed by atoms with Crippen LogP contribution in [0.1, 0.15) is 73.1 Å². The fraction of sp³-hybridized carbons (Fsp3) is 0.852. The maximum Gasteiger partial charge on any atom is 0.320 e. The van der Waals surface area contributed by atoms with Crippen molar-refractivity contribution >= 4 is 57.7 Å². The maximum atomic E-state index is 13.2. The van der Waals surface area contributed by atoms with E-state index >= 15 is 0 Å². The number of carboxylic acids is 1. The predicted octanol–water partition coefficient (Wildman–Crippen LogP) is 1.43. The van der Waals surface area contributed by atoms with E-state index in [1.54, 1.807) is 13.8 Å². The minimum absolute atomic E-state index is 0.0140. The predicted molar refractivity (Wildman–Crippen MR) is 168 cm³/mol. The molecule has 0 bridgehead atoms. The van der Waals surface area contributed by atoms with Crippen LogP contribution in [0.15, 0.2) is 0 Å². The third-order valence-corrected chi connectivity index (χ3v) is 9.63. The second-order valence-electron chi connectivity index (χ2n) is 10.5. The zero-order valence-corrected chi connectivity index (χ0v) is 27.5. The number of carbonyl (C=O) groups excluding carboxylic acids is 3. The first-order chi connectivity index (χ1) is 19.2. The van der Waals surface area contributed by atoms with Gasteiger partial charge in [0.15, 0.2) is 5.78 Å². The minimum atomic E-state index is -1.10. The van der Waals surface area contributed by atoms with E-state index in [1.807, 2.05) is 20.8 Å². The van der Waals surface area contributed by atoms with Gasteiger partial charge in [-0.3, -0.25) is 19.2 Å². The molecule has 0 aromatic rings. The number of carbonyl (C=O) groups is 4. The van der Waals surface area contributed by atoms with Crippen LogP contribution in [0, 0.1) is 5.92 Å². The van der Waals surface area contributed by atoms with E-state index in [2.05, 4.69) is 28.6 Å². The highest BCUT2D eigenvalue weighted by Crippen LogP contribution is 2.26. The number of Topliss-reactive ketones (excluding diaryl/α,β-unsaturated/α-hetero) is 2. The Morgan fingerprint density at radius 1 is 0.878 bits per heavy atom. The minimum Gasteiger partial charge on any atom is -0.480 e. The number of nitrogens with one attached hydrogen (secondary N) is 3. The molecular formula is C27H51N3O8S3. The van der Waals surface area contributed by atoms with E-state index in [-0.39, 0.29) is 55.3 Å². The molecule has 14 heteroatoms. The fourth-order valence-electron chi connectivity index (χ4n) is 4.41. The number of hydrogen-bond acceptors (Lipinski definition) is 12. The summed E-state index contributed by atoms with van der Waals surface area (Å²) in [6.45, 7) is 9.79. The van der Waals surface area contributed by atoms with Gasteiger partial charge < -0.3 is 36.4 Å². The van der Waals surface area contributed by atoms with E-state index in [0.717, 1.165) is 0 Å². The Labute approximate surface area is 258 Å². The third-order valence-electron chi connectivity index (χ3n) is 6.83. The first-order valence-electron chi connectivity index (χ1n) is 14.2. The van der Waals surface area contributed by atoms with Gasteiger partial charge >= 0.3 is 5.97 Å². The van der Waals surface area contributed by atoms with Crippen LogP contribution in [-0.2, 0) is 19.2 Å². The molecule has 1 amide bonds. The second-order valence-corrected chi connectivity index (χ2v) is 13.5. The first-order valence-corrected chi connectivity index (χ1v) is 17.3. The van der Waals surface area contributed by atoms with Gasteiger partial charge in [-0.25, -0.2) is 0 Å². The van der Waals surface area contributed by atoms with Gasteiger partial charge in [-0.2, -0.15) is 12.6 Å². The summed E-state index contributed by atoms with van der Waals surface area (Å²) >= 11 is 3.96. The molecule has 6 atom stereocenters. The van der Waals surface area contributed by atoms with Gasteiger partial charge in [-0.05, 0) is 46.1 Å². The summed E-state index contributed by atoms with van der Waals surface area (Å²) in [6, 6.07) is -1.63. The summed E-state index contributed by atoms with van der Waals surface area (Å²) in [5.74, 6) is -1.30. The Kier molecular flexibility index (Phi) is 21.3. The molecule has 0 fully saturated rings. The van der Waals surface area contributed by atoms with Crippen LogP contribution in [0.3, 0.4) is 0 Å². The van der Waals surface area contributed by atoms with E-state index in [0.29, 0.717) is 31.0 Å². The van der Waals surface area contributed by atoms with Crippen LogP contribution < -0.4 is 16.0 Å². The Balaban J connectivity index is 5.32. The van der Waals surface area contributed by atoms with Crippen molar-refractivity contribution in [3.8, 4) is 0 Å². The van der Waals surface area contributed by atoms with Gasteiger partial charge in [0.25, 0.3) is 0 Å². The molecule has 41 heavy (non-hydrogen) atoms. The smallest absolute Gasteiger partial charge is 0.320 e. The Morgan fingerprint density at radius 3 is 2.02 bits per heavy atom. The largest absolute Gasteiger partial charge is 0.480 e. The van der Waals surface area contributed by atoms with Crippen LogP contribution in [0.25, 0.3) is 0 Å². The van der Waals surface area contributed by atoms with Crippen molar-refractivity contribution in [2.24, 2.45) is 5.92 Å². The van der Waals surface area contributed by atoms with E-state index in [1.165, 1.54) is 21.6 Å². The fourth-order valence-corrected chi connectivity index (χ4v) is 6.72. The van der Waals surface area contributed by atoms with Gasteiger partial charge in [0.05, 0.1) is 18.2 Å². The molecular weight excluding hydrogens is 591 g/mol. The van der Waals surface area contributed by atoms with E-state index in [9.17, 15) is 39.6 Å². The molecule has 0 aliphatic carbocycles. The lowest BCUT2D eigenvalue weighted by Gasteiger charge is -2.37. The molecule has 6 unspecified atom stereocenters. The monoisotopic (exact) mass is 641 g/mol. The third kappa shape index (κ3) is 16.0. The maximum absolute atomic E-state index is 13.2. The van der Waals surface area contributed by atoms with Crippen molar-refractivity contribution in [2.75, 3.05) is 30.3 Å². The molecule has 7 N–H and O–H groups in total. The Morgan fingerprint density at radius 2 is 1.49 bits per heavy atom. The van der Waals surface area contributed by atoms with E-state index in [4.69, 9.17) is 0 Å². The standard InChI is InChI=1S/C27H51N3O8S3/c1-6-17(21(32)11-10-19(26(37)38)28-8-3)27(4,5)30-18(9-12-22(33)20(31)7-2)25(36)29-13-14-40-41-16-24(35)23(34)15-39/h17-20,23-24,28,30-31,34-35,39H,6-16H2,1-5H3,(H,29,36)(H,37,38). The van der Waals surface area contributed by atoms with Gasteiger partial charge in [-0.15, -0.1) is 0 Å². The number of amides is 1. The summed E-state index contributed by atoms with van der Waals surface area (Å²) in [6.07, 6.45) is -1.80. The number of carboxylic acid groups (broad SMARTS) is 1. The molecule has 0 aliphatic heterocycles. The van der Waals surface area contributed by atoms with Crippen LogP contribution in [0.4, 0.5) is 0 Å². The summed E-state index contributed by atoms with van der Waals surface area (Å²) < 4.78 is 0. The lowest BCUT2D eigenvalue weighted by Crippen LogP contribution is -2.57. The topological polar surface area (TPSA) is 185 Å². The van der Waals surface area contributed by atoms with Crippen molar-refractivity contribution in [3.05, 3.63) is 0 Å². The van der Waals surface area contributed by atoms with Crippen molar-refractivity contribution in [1.82, 2.24) is 16.0 Å². The molecule has 0 aromatic carbocycles. The first kappa shape index (κ1) is 40.1. The molecule has 0 saturated heterocycles. The van der Waals surface area contributed by atoms with E-state index < -0.39 is 47.8 Å². The molecule has 0 rings (SSSR count). The van der Waals surface area contributed by atoms with Crippen LogP contribution >= 0.6 is 34.2 Å². The summed E-state index contributed by atoms with van der Waals surface area (Å²) in [4.78, 5) is 50.1. The number of thiol groups is 1. The molecule has 0 radical (unpaired) electrons. The SMILES string of the molecule is CCNC(CCC(=O)C(CC)C(C)(C)NC(CCC(=O)C(O)CC)C(=O)NCCSSCC(O)C(O)CS)C(=O)O. The number of likely N-dealkylation sites (N-methyl/N-ethyl adjacent to an activating group) is 1. The lowest BCUT2D eigenvalue weighted by atomic mass is 9.79. The average Bonchev–Trinajstić information content (AvgIpc) is 2.93. The van der Waals surface area contributed by atoms with Crippen LogP contribution in [0.2, 0.25) is 0 Å². The van der Waals surface area contributed by atoms with Crippen molar-refractivity contribution in [3.63, 3.8) is 0 Å². The molecule has 0 saturated carbocycles. The van der Waals surface area contributed by atoms with Crippen molar-refractivity contribution < 1.29 is 39.6 Å². The van der Waals surface area contributed by atoms with Gasteiger partial charge in [0, 0.05) is 48.1 Å². The number of ketones is 2. The van der Waals surface area contributed by atoms with Gasteiger partial charge in [0.2, 0.25) is 5.91 Å². The zero-order valence-electron chi connectivity index (χ0n) is 24.9. The highest BCUT2D eigenvalue weighted by atomic mass is 33.1. The number of aliphatic hydroxyl groups is 3. The molecule has 240 valence electrons. The quantitative estimate of drug-likeness (QED) is 0.0408. The number of hydrogen-bond donors (Lipinski definition) is 8. The average molecular weight is 642 g/mol. The summed E-state index contributed by atoms with van der Waals surface area (Å²) in [7, 11) is 2.80. The Bertz CT molecular complexity index is 806. The molecule has 0 spiro atoms. The van der Waals surface area contributed by atoms with Gasteiger partial charge in [-0.1, -0.05) is 42.4 Å². The van der Waals surface area contributed by atoms with Crippen molar-refractivity contribution in [2.45, 2.75) is 109 Å². The normalized spacial score (nSPS) is 16.3. The summed E-state index contributed by atoms with van der Waals surface area (Å²) in [5, 5.41) is 47.7. The molecule has 0 aromatic heterocycles.